The number of rotatable bonds is 5. The first-order valence-electron chi connectivity index (χ1n) is 6.96. The number of carbonyl (C=O) groups is 1. The summed E-state index contributed by atoms with van der Waals surface area (Å²) in [6.07, 6.45) is 1.89. The van der Waals surface area contributed by atoms with Crippen molar-refractivity contribution < 1.29 is 7.86 Å². The SMILES string of the molecule is N#CC1(Nc2ccccc2)CCN(CCC(=O)OI)CC1. The summed E-state index contributed by atoms with van der Waals surface area (Å²) in [4.78, 5) is 13.4. The van der Waals surface area contributed by atoms with Crippen LogP contribution in [0.25, 0.3) is 0 Å². The van der Waals surface area contributed by atoms with E-state index in [0.717, 1.165) is 31.6 Å². The van der Waals surface area contributed by atoms with E-state index in [4.69, 9.17) is 0 Å². The average molecular weight is 399 g/mol. The summed E-state index contributed by atoms with van der Waals surface area (Å²) in [6, 6.07) is 12.3. The second-order valence-electron chi connectivity index (χ2n) is 5.23. The minimum atomic E-state index is -0.512. The highest BCUT2D eigenvalue weighted by Gasteiger charge is 2.34. The van der Waals surface area contributed by atoms with E-state index in [9.17, 15) is 10.1 Å². The zero-order valence-corrected chi connectivity index (χ0v) is 13.9. The third kappa shape index (κ3) is 4.58. The molecule has 0 spiro atoms. The van der Waals surface area contributed by atoms with E-state index in [1.165, 1.54) is 0 Å². The highest BCUT2D eigenvalue weighted by molar-refractivity contribution is 14.1. The Bertz CT molecular complexity index is 507. The Labute approximate surface area is 139 Å². The van der Waals surface area contributed by atoms with Crippen LogP contribution >= 0.6 is 23.0 Å². The van der Waals surface area contributed by atoms with E-state index in [1.54, 1.807) is 23.0 Å². The number of carbonyl (C=O) groups excluding carboxylic acids is 1. The number of hydrogen-bond donors (Lipinski definition) is 1. The Kier molecular flexibility index (Phi) is 5.82. The van der Waals surface area contributed by atoms with E-state index in [0.29, 0.717) is 13.0 Å². The first-order valence-corrected chi connectivity index (χ1v) is 7.84. The lowest BCUT2D eigenvalue weighted by Crippen LogP contribution is -2.48. The number of anilines is 1. The van der Waals surface area contributed by atoms with Crippen molar-refractivity contribution in [1.29, 1.82) is 5.26 Å². The third-order valence-electron chi connectivity index (χ3n) is 3.80. The van der Waals surface area contributed by atoms with Gasteiger partial charge in [-0.1, -0.05) is 18.2 Å². The van der Waals surface area contributed by atoms with Gasteiger partial charge in [0.15, 0.2) is 23.0 Å². The molecule has 0 aromatic heterocycles. The molecule has 6 heteroatoms. The number of nitriles is 1. The van der Waals surface area contributed by atoms with E-state index < -0.39 is 5.54 Å². The molecule has 1 heterocycles. The smallest absolute Gasteiger partial charge is 0.316 e. The van der Waals surface area contributed by atoms with Crippen molar-refractivity contribution in [3.63, 3.8) is 0 Å². The zero-order chi connectivity index (χ0) is 15.1. The number of piperidine rings is 1. The fourth-order valence-electron chi connectivity index (χ4n) is 2.51. The van der Waals surface area contributed by atoms with Crippen molar-refractivity contribution in [2.24, 2.45) is 0 Å². The molecule has 1 aromatic rings. The molecule has 0 bridgehead atoms. The lowest BCUT2D eigenvalue weighted by molar-refractivity contribution is -0.131. The predicted molar refractivity (Wildman–Crippen MR) is 88.8 cm³/mol. The summed E-state index contributed by atoms with van der Waals surface area (Å²) in [6.45, 7) is 2.30. The van der Waals surface area contributed by atoms with Gasteiger partial charge in [0.05, 0.1) is 12.5 Å². The molecule has 0 radical (unpaired) electrons. The van der Waals surface area contributed by atoms with Gasteiger partial charge < -0.3 is 13.3 Å². The molecule has 21 heavy (non-hydrogen) atoms. The van der Waals surface area contributed by atoms with Crippen LogP contribution in [0.5, 0.6) is 0 Å². The highest BCUT2D eigenvalue weighted by atomic mass is 127. The number of halogens is 1. The van der Waals surface area contributed by atoms with Gasteiger partial charge >= 0.3 is 5.97 Å². The van der Waals surface area contributed by atoms with Crippen LogP contribution in [0.2, 0.25) is 0 Å². The van der Waals surface area contributed by atoms with Gasteiger partial charge in [0, 0.05) is 25.3 Å². The number of nitrogens with one attached hydrogen (secondary N) is 1. The molecule has 0 aliphatic carbocycles. The van der Waals surface area contributed by atoms with Crippen molar-refractivity contribution in [3.8, 4) is 6.07 Å². The van der Waals surface area contributed by atoms with Crippen molar-refractivity contribution >= 4 is 34.7 Å². The molecule has 2 rings (SSSR count). The Hall–Kier alpha value is -1.33. The van der Waals surface area contributed by atoms with E-state index in [1.807, 2.05) is 30.3 Å². The molecule has 1 aromatic carbocycles. The Morgan fingerprint density at radius 1 is 1.38 bits per heavy atom. The highest BCUT2D eigenvalue weighted by Crippen LogP contribution is 2.26. The topological polar surface area (TPSA) is 65.4 Å². The largest absolute Gasteiger partial charge is 0.394 e. The normalized spacial score (nSPS) is 17.7. The fourth-order valence-corrected chi connectivity index (χ4v) is 2.73. The minimum absolute atomic E-state index is 0.199. The molecule has 0 atom stereocenters. The van der Waals surface area contributed by atoms with Crippen LogP contribution in [0.15, 0.2) is 30.3 Å². The summed E-state index contributed by atoms with van der Waals surface area (Å²) in [5.74, 6) is -0.199. The molecule has 1 aliphatic heterocycles. The molecule has 0 unspecified atom stereocenters. The summed E-state index contributed by atoms with van der Waals surface area (Å²) < 4.78 is 4.62. The number of hydrogen-bond acceptors (Lipinski definition) is 5. The second kappa shape index (κ2) is 7.61. The average Bonchev–Trinajstić information content (AvgIpc) is 2.55. The second-order valence-corrected chi connectivity index (χ2v) is 5.67. The molecular formula is C15H18IN3O2. The van der Waals surface area contributed by atoms with Gasteiger partial charge in [0.1, 0.15) is 5.54 Å². The Balaban J connectivity index is 1.88. The predicted octanol–water partition coefficient (Wildman–Crippen LogP) is 2.74. The quantitative estimate of drug-likeness (QED) is 0.772. The van der Waals surface area contributed by atoms with Crippen LogP contribution in [0, 0.1) is 11.3 Å². The molecule has 1 aliphatic rings. The van der Waals surface area contributed by atoms with Crippen molar-refractivity contribution in [1.82, 2.24) is 4.90 Å². The Morgan fingerprint density at radius 3 is 2.62 bits per heavy atom. The lowest BCUT2D eigenvalue weighted by Gasteiger charge is -2.38. The van der Waals surface area contributed by atoms with Crippen LogP contribution in [0.1, 0.15) is 19.3 Å². The number of benzene rings is 1. The maximum Gasteiger partial charge on any atom is 0.316 e. The van der Waals surface area contributed by atoms with Crippen molar-refractivity contribution in [2.45, 2.75) is 24.8 Å². The maximum atomic E-state index is 11.2. The van der Waals surface area contributed by atoms with Crippen LogP contribution in [-0.2, 0) is 7.86 Å². The monoisotopic (exact) mass is 399 g/mol. The lowest BCUT2D eigenvalue weighted by atomic mass is 9.88. The van der Waals surface area contributed by atoms with Crippen LogP contribution in [-0.4, -0.2) is 36.0 Å². The first kappa shape index (κ1) is 16.0. The minimum Gasteiger partial charge on any atom is -0.394 e. The molecular weight excluding hydrogens is 381 g/mol. The van der Waals surface area contributed by atoms with Crippen molar-refractivity contribution in [2.75, 3.05) is 25.0 Å². The summed E-state index contributed by atoms with van der Waals surface area (Å²) >= 11 is 1.61. The van der Waals surface area contributed by atoms with Crippen molar-refractivity contribution in [3.05, 3.63) is 30.3 Å². The first-order chi connectivity index (χ1) is 10.2. The molecule has 1 fully saturated rings. The van der Waals surface area contributed by atoms with Gasteiger partial charge in [-0.2, -0.15) is 5.26 Å². The number of likely N-dealkylation sites (tertiary alicyclic amines) is 1. The molecule has 112 valence electrons. The van der Waals surface area contributed by atoms with Gasteiger partial charge in [0.2, 0.25) is 0 Å². The van der Waals surface area contributed by atoms with E-state index in [2.05, 4.69) is 19.4 Å². The number of nitrogens with zero attached hydrogens (tertiary/aromatic N) is 2. The Morgan fingerprint density at radius 2 is 2.05 bits per heavy atom. The van der Waals surface area contributed by atoms with Crippen LogP contribution < -0.4 is 5.32 Å². The summed E-state index contributed by atoms with van der Waals surface area (Å²) in [7, 11) is 0. The summed E-state index contributed by atoms with van der Waals surface area (Å²) in [5.41, 5.74) is 0.461. The van der Waals surface area contributed by atoms with E-state index in [-0.39, 0.29) is 5.97 Å². The molecule has 1 saturated heterocycles. The fraction of sp³-hybridized carbons (Fsp3) is 0.467. The van der Waals surface area contributed by atoms with Gasteiger partial charge in [-0.05, 0) is 25.0 Å². The van der Waals surface area contributed by atoms with Gasteiger partial charge in [-0.15, -0.1) is 0 Å². The third-order valence-corrected chi connectivity index (χ3v) is 4.29. The molecule has 5 nitrogen and oxygen atoms in total. The van der Waals surface area contributed by atoms with E-state index >= 15 is 0 Å². The standard InChI is InChI=1S/C15H18IN3O2/c16-21-14(20)6-9-19-10-7-15(12-17,8-11-19)18-13-4-2-1-3-5-13/h1-5,18H,6-11H2. The number of para-hydroxylation sites is 1. The van der Waals surface area contributed by atoms with Crippen LogP contribution in [0.3, 0.4) is 0 Å². The van der Waals surface area contributed by atoms with Crippen LogP contribution in [0.4, 0.5) is 5.69 Å². The molecule has 0 saturated carbocycles. The molecule has 0 amide bonds. The summed E-state index contributed by atoms with van der Waals surface area (Å²) in [5, 5.41) is 12.9. The van der Waals surface area contributed by atoms with Gasteiger partial charge in [0.25, 0.3) is 0 Å². The van der Waals surface area contributed by atoms with Gasteiger partial charge in [-0.3, -0.25) is 4.79 Å². The molecule has 1 N–H and O–H groups in total. The van der Waals surface area contributed by atoms with Gasteiger partial charge in [-0.25, -0.2) is 0 Å². The maximum absolute atomic E-state index is 11.2. The zero-order valence-electron chi connectivity index (χ0n) is 11.7.